The van der Waals surface area contributed by atoms with Gasteiger partial charge in [0.2, 0.25) is 0 Å². The number of halogens is 1. The van der Waals surface area contributed by atoms with Crippen LogP contribution in [-0.2, 0) is 6.42 Å². The number of hydrogen-bond acceptors (Lipinski definition) is 1. The van der Waals surface area contributed by atoms with Crippen molar-refractivity contribution < 1.29 is 4.39 Å². The summed E-state index contributed by atoms with van der Waals surface area (Å²) < 4.78 is 13.0. The highest BCUT2D eigenvalue weighted by Gasteiger charge is 2.00. The average Bonchev–Trinajstić information content (AvgIpc) is 2.32. The van der Waals surface area contributed by atoms with Crippen molar-refractivity contribution in [3.63, 3.8) is 0 Å². The van der Waals surface area contributed by atoms with Crippen molar-refractivity contribution in [2.75, 3.05) is 13.1 Å². The Morgan fingerprint density at radius 3 is 2.78 bits per heavy atom. The van der Waals surface area contributed by atoms with E-state index in [1.165, 1.54) is 17.6 Å². The zero-order chi connectivity index (χ0) is 13.4. The molecule has 0 aliphatic rings. The van der Waals surface area contributed by atoms with Crippen molar-refractivity contribution in [2.45, 2.75) is 40.0 Å². The third-order valence-electron chi connectivity index (χ3n) is 3.01. The number of allylic oxidation sites excluding steroid dienone is 1. The van der Waals surface area contributed by atoms with Gasteiger partial charge in [0.15, 0.2) is 0 Å². The Labute approximate surface area is 110 Å². The van der Waals surface area contributed by atoms with Crippen LogP contribution in [0.1, 0.15) is 37.8 Å². The zero-order valence-corrected chi connectivity index (χ0v) is 11.7. The lowest BCUT2D eigenvalue weighted by atomic mass is 10.0. The van der Waals surface area contributed by atoms with Crippen LogP contribution in [0.5, 0.6) is 0 Å². The summed E-state index contributed by atoms with van der Waals surface area (Å²) in [5.74, 6) is -0.151. The van der Waals surface area contributed by atoms with E-state index in [1.54, 1.807) is 12.1 Å². The largest absolute Gasteiger partial charge is 0.316 e. The number of nitrogens with one attached hydrogen (secondary N) is 1. The van der Waals surface area contributed by atoms with Gasteiger partial charge < -0.3 is 5.32 Å². The minimum atomic E-state index is -0.151. The van der Waals surface area contributed by atoms with Crippen LogP contribution in [-0.4, -0.2) is 13.1 Å². The summed E-state index contributed by atoms with van der Waals surface area (Å²) in [5, 5.41) is 3.38. The smallest absolute Gasteiger partial charge is 0.123 e. The van der Waals surface area contributed by atoms with Gasteiger partial charge in [-0.25, -0.2) is 4.39 Å². The maximum absolute atomic E-state index is 13.0. The molecule has 0 aromatic heterocycles. The number of aryl methyl sites for hydroxylation is 1. The zero-order valence-electron chi connectivity index (χ0n) is 11.7. The molecule has 0 aliphatic carbocycles. The molecule has 0 saturated heterocycles. The topological polar surface area (TPSA) is 12.0 Å². The van der Waals surface area contributed by atoms with Crippen molar-refractivity contribution in [1.29, 1.82) is 0 Å². The molecule has 0 radical (unpaired) electrons. The quantitative estimate of drug-likeness (QED) is 0.568. The highest BCUT2D eigenvalue weighted by atomic mass is 19.1. The van der Waals surface area contributed by atoms with Crippen molar-refractivity contribution in [1.82, 2.24) is 5.32 Å². The Morgan fingerprint density at radius 2 is 2.11 bits per heavy atom. The van der Waals surface area contributed by atoms with E-state index in [0.29, 0.717) is 0 Å². The molecule has 1 N–H and O–H groups in total. The van der Waals surface area contributed by atoms with Crippen LogP contribution in [0, 0.1) is 12.7 Å². The molecule has 1 aromatic carbocycles. The maximum atomic E-state index is 13.0. The minimum absolute atomic E-state index is 0.151. The average molecular weight is 249 g/mol. The summed E-state index contributed by atoms with van der Waals surface area (Å²) in [4.78, 5) is 0. The Morgan fingerprint density at radius 1 is 1.33 bits per heavy atom. The number of rotatable bonds is 7. The Balaban J connectivity index is 2.43. The molecule has 0 amide bonds. The van der Waals surface area contributed by atoms with Gasteiger partial charge in [-0.3, -0.25) is 0 Å². The summed E-state index contributed by atoms with van der Waals surface area (Å²) >= 11 is 0. The molecule has 0 spiro atoms. The lowest BCUT2D eigenvalue weighted by Crippen LogP contribution is -2.15. The van der Waals surface area contributed by atoms with E-state index in [1.807, 2.05) is 13.0 Å². The normalized spacial score (nSPS) is 11.9. The van der Waals surface area contributed by atoms with Gasteiger partial charge in [-0.2, -0.15) is 0 Å². The second-order valence-corrected chi connectivity index (χ2v) is 4.84. The molecule has 18 heavy (non-hydrogen) atoms. The fraction of sp³-hybridized carbons (Fsp3) is 0.500. The van der Waals surface area contributed by atoms with Gasteiger partial charge in [-0.05, 0) is 69.5 Å². The molecule has 100 valence electrons. The molecule has 0 bridgehead atoms. The Bertz CT molecular complexity index is 396. The van der Waals surface area contributed by atoms with E-state index < -0.39 is 0 Å². The van der Waals surface area contributed by atoms with Gasteiger partial charge in [0.1, 0.15) is 5.82 Å². The van der Waals surface area contributed by atoms with Crippen molar-refractivity contribution >= 4 is 0 Å². The van der Waals surface area contributed by atoms with Gasteiger partial charge in [0.05, 0.1) is 0 Å². The summed E-state index contributed by atoms with van der Waals surface area (Å²) in [7, 11) is 0. The fourth-order valence-corrected chi connectivity index (χ4v) is 1.95. The fourth-order valence-electron chi connectivity index (χ4n) is 1.95. The van der Waals surface area contributed by atoms with Gasteiger partial charge in [-0.1, -0.05) is 24.6 Å². The number of benzene rings is 1. The molecule has 1 aromatic rings. The maximum Gasteiger partial charge on any atom is 0.123 e. The van der Waals surface area contributed by atoms with Gasteiger partial charge in [0.25, 0.3) is 0 Å². The molecule has 2 heteroatoms. The second kappa shape index (κ2) is 8.04. The second-order valence-electron chi connectivity index (χ2n) is 4.84. The lowest BCUT2D eigenvalue weighted by Gasteiger charge is -2.07. The molecular formula is C16H24FN. The first-order valence-corrected chi connectivity index (χ1v) is 6.75. The summed E-state index contributed by atoms with van der Waals surface area (Å²) in [5.41, 5.74) is 3.60. The molecule has 1 nitrogen and oxygen atoms in total. The first-order valence-electron chi connectivity index (χ1n) is 6.75. The van der Waals surface area contributed by atoms with Crippen LogP contribution < -0.4 is 5.32 Å². The molecule has 0 heterocycles. The van der Waals surface area contributed by atoms with E-state index in [4.69, 9.17) is 0 Å². The van der Waals surface area contributed by atoms with Crippen LogP contribution >= 0.6 is 0 Å². The first-order chi connectivity index (χ1) is 8.63. The predicted octanol–water partition coefficient (Wildman–Crippen LogP) is 4.01. The van der Waals surface area contributed by atoms with Gasteiger partial charge in [0, 0.05) is 0 Å². The van der Waals surface area contributed by atoms with Crippen LogP contribution in [0.3, 0.4) is 0 Å². The predicted molar refractivity (Wildman–Crippen MR) is 76.4 cm³/mol. The molecule has 0 atom stereocenters. The van der Waals surface area contributed by atoms with E-state index >= 15 is 0 Å². The van der Waals surface area contributed by atoms with E-state index in [-0.39, 0.29) is 5.82 Å². The highest BCUT2D eigenvalue weighted by Crippen LogP contribution is 2.14. The molecule has 0 aliphatic heterocycles. The molecule has 0 saturated carbocycles. The minimum Gasteiger partial charge on any atom is -0.316 e. The van der Waals surface area contributed by atoms with Crippen LogP contribution in [0.2, 0.25) is 0 Å². The first kappa shape index (κ1) is 14.9. The molecule has 0 unspecified atom stereocenters. The Hall–Kier alpha value is -1.15. The summed E-state index contributed by atoms with van der Waals surface area (Å²) in [6, 6.07) is 5.03. The molecular weight excluding hydrogens is 225 g/mol. The SMILES string of the molecule is CCCNCC/C=C(/C)Cc1ccc(F)cc1C. The van der Waals surface area contributed by atoms with Crippen LogP contribution in [0.25, 0.3) is 0 Å². The van der Waals surface area contributed by atoms with E-state index in [2.05, 4.69) is 25.2 Å². The molecule has 0 fully saturated rings. The van der Waals surface area contributed by atoms with E-state index in [9.17, 15) is 4.39 Å². The lowest BCUT2D eigenvalue weighted by molar-refractivity contribution is 0.625. The van der Waals surface area contributed by atoms with Gasteiger partial charge in [-0.15, -0.1) is 0 Å². The third kappa shape index (κ3) is 5.46. The third-order valence-corrected chi connectivity index (χ3v) is 3.01. The van der Waals surface area contributed by atoms with Crippen molar-refractivity contribution in [3.8, 4) is 0 Å². The molecule has 1 rings (SSSR count). The van der Waals surface area contributed by atoms with Crippen molar-refractivity contribution in [2.24, 2.45) is 0 Å². The highest BCUT2D eigenvalue weighted by molar-refractivity contribution is 5.30. The number of hydrogen-bond donors (Lipinski definition) is 1. The standard InChI is InChI=1S/C16H24FN/c1-4-9-18-10-5-6-13(2)11-15-7-8-16(17)12-14(15)3/h6-8,12,18H,4-5,9-11H2,1-3H3/b13-6-. The van der Waals surface area contributed by atoms with Gasteiger partial charge >= 0.3 is 0 Å². The van der Waals surface area contributed by atoms with Crippen molar-refractivity contribution in [3.05, 3.63) is 46.8 Å². The van der Waals surface area contributed by atoms with Crippen LogP contribution in [0.15, 0.2) is 29.8 Å². The van der Waals surface area contributed by atoms with E-state index in [0.717, 1.165) is 31.5 Å². The van der Waals surface area contributed by atoms with Crippen LogP contribution in [0.4, 0.5) is 4.39 Å². The monoisotopic (exact) mass is 249 g/mol. The summed E-state index contributed by atoms with van der Waals surface area (Å²) in [6.07, 6.45) is 5.43. The summed E-state index contributed by atoms with van der Waals surface area (Å²) in [6.45, 7) is 8.40. The Kier molecular flexibility index (Phi) is 6.66.